The molecule has 9 heteroatoms. The minimum atomic E-state index is -1.45. The molecule has 0 aromatic heterocycles. The third-order valence-corrected chi connectivity index (χ3v) is 5.40. The van der Waals surface area contributed by atoms with Crippen molar-refractivity contribution in [1.29, 1.82) is 0 Å². The van der Waals surface area contributed by atoms with Crippen LogP contribution in [0.4, 0.5) is 10.1 Å². The Balaban J connectivity index is 2.54. The SMILES string of the molecule is CC1C(N)C(=O)N(c2ccc(F)cc2)C1(C)C(=O)N(C)[C@H](C(N)=O)[C@@H](C)O. The monoisotopic (exact) mass is 380 g/mol. The van der Waals surface area contributed by atoms with E-state index in [2.05, 4.69) is 0 Å². The van der Waals surface area contributed by atoms with Crippen LogP contribution in [0.2, 0.25) is 0 Å². The van der Waals surface area contributed by atoms with Gasteiger partial charge in [0.25, 0.3) is 0 Å². The summed E-state index contributed by atoms with van der Waals surface area (Å²) in [5, 5.41) is 9.87. The molecule has 0 radical (unpaired) electrons. The van der Waals surface area contributed by atoms with Crippen molar-refractivity contribution in [3.63, 3.8) is 0 Å². The van der Waals surface area contributed by atoms with Crippen LogP contribution in [-0.2, 0) is 14.4 Å². The van der Waals surface area contributed by atoms with Gasteiger partial charge in [-0.25, -0.2) is 4.39 Å². The van der Waals surface area contributed by atoms with Gasteiger partial charge in [0, 0.05) is 18.7 Å². The Labute approximate surface area is 156 Å². The Morgan fingerprint density at radius 3 is 2.30 bits per heavy atom. The van der Waals surface area contributed by atoms with Crippen LogP contribution in [0, 0.1) is 11.7 Å². The molecule has 1 aliphatic rings. The predicted molar refractivity (Wildman–Crippen MR) is 96.9 cm³/mol. The molecular weight excluding hydrogens is 355 g/mol. The Hall–Kier alpha value is -2.52. The van der Waals surface area contributed by atoms with E-state index in [1.165, 1.54) is 50.1 Å². The molecule has 3 amide bonds. The molecule has 1 fully saturated rings. The summed E-state index contributed by atoms with van der Waals surface area (Å²) in [5.74, 6) is -3.08. The first-order valence-electron chi connectivity index (χ1n) is 8.54. The number of nitrogens with two attached hydrogens (primary N) is 2. The van der Waals surface area contributed by atoms with Crippen LogP contribution in [0.1, 0.15) is 20.8 Å². The third-order valence-electron chi connectivity index (χ3n) is 5.40. The third kappa shape index (κ3) is 3.28. The number of likely N-dealkylation sites (N-methyl/N-ethyl adjacent to an activating group) is 1. The molecular formula is C18H25FN4O4. The number of anilines is 1. The number of amides is 3. The smallest absolute Gasteiger partial charge is 0.249 e. The molecule has 1 aliphatic heterocycles. The van der Waals surface area contributed by atoms with E-state index >= 15 is 0 Å². The number of nitrogens with zero attached hydrogens (tertiary/aromatic N) is 2. The lowest BCUT2D eigenvalue weighted by molar-refractivity contribution is -0.146. The zero-order valence-corrected chi connectivity index (χ0v) is 15.7. The second-order valence-electron chi connectivity index (χ2n) is 7.12. The van der Waals surface area contributed by atoms with Crippen molar-refractivity contribution in [2.24, 2.45) is 17.4 Å². The van der Waals surface area contributed by atoms with Crippen LogP contribution < -0.4 is 16.4 Å². The van der Waals surface area contributed by atoms with Gasteiger partial charge in [0.15, 0.2) is 0 Å². The fraction of sp³-hybridized carbons (Fsp3) is 0.500. The van der Waals surface area contributed by atoms with Crippen LogP contribution in [0.15, 0.2) is 24.3 Å². The standard InChI is InChI=1S/C18H25FN4O4/c1-9-13(20)16(26)23(12-7-5-11(19)6-8-12)18(9,3)17(27)22(4)14(10(2)24)15(21)25/h5-10,13-14,24H,20H2,1-4H3,(H2,21,25)/t9?,10-,13?,14+,18?/m1/s1. The summed E-state index contributed by atoms with van der Waals surface area (Å²) in [4.78, 5) is 40.1. The number of hydrogen-bond donors (Lipinski definition) is 3. The summed E-state index contributed by atoms with van der Waals surface area (Å²) in [5.41, 5.74) is 10.2. The van der Waals surface area contributed by atoms with E-state index in [1.807, 2.05) is 0 Å². The Kier molecular flexibility index (Phi) is 5.58. The number of halogens is 1. The summed E-state index contributed by atoms with van der Waals surface area (Å²) in [6, 6.07) is 2.87. The summed E-state index contributed by atoms with van der Waals surface area (Å²) < 4.78 is 13.3. The topological polar surface area (TPSA) is 130 Å². The van der Waals surface area contributed by atoms with Crippen LogP contribution in [0.5, 0.6) is 0 Å². The average molecular weight is 380 g/mol. The van der Waals surface area contributed by atoms with Crippen molar-refractivity contribution < 1.29 is 23.9 Å². The van der Waals surface area contributed by atoms with Crippen molar-refractivity contribution in [2.75, 3.05) is 11.9 Å². The van der Waals surface area contributed by atoms with Gasteiger partial charge in [-0.15, -0.1) is 0 Å². The molecule has 0 aliphatic carbocycles. The maximum absolute atomic E-state index is 13.4. The second kappa shape index (κ2) is 7.24. The Bertz CT molecular complexity index is 754. The van der Waals surface area contributed by atoms with E-state index in [4.69, 9.17) is 11.5 Å². The lowest BCUT2D eigenvalue weighted by atomic mass is 9.83. The van der Waals surface area contributed by atoms with Crippen LogP contribution in [0.25, 0.3) is 0 Å². The molecule has 0 bridgehead atoms. The van der Waals surface area contributed by atoms with Crippen LogP contribution in [-0.4, -0.2) is 58.5 Å². The van der Waals surface area contributed by atoms with E-state index in [1.54, 1.807) is 6.92 Å². The van der Waals surface area contributed by atoms with Gasteiger partial charge in [0.1, 0.15) is 17.4 Å². The summed E-state index contributed by atoms with van der Waals surface area (Å²) in [6.07, 6.45) is -1.21. The highest BCUT2D eigenvalue weighted by molar-refractivity contribution is 6.10. The molecule has 5 atom stereocenters. The first-order chi connectivity index (χ1) is 12.4. The molecule has 2 rings (SSSR count). The number of carbonyl (C=O) groups is 3. The van der Waals surface area contributed by atoms with Crippen LogP contribution in [0.3, 0.4) is 0 Å². The molecule has 0 saturated carbocycles. The highest BCUT2D eigenvalue weighted by Gasteiger charge is 2.59. The number of carbonyl (C=O) groups excluding carboxylic acids is 3. The maximum atomic E-state index is 13.4. The van der Waals surface area contributed by atoms with E-state index in [-0.39, 0.29) is 0 Å². The number of hydrogen-bond acceptors (Lipinski definition) is 5. The summed E-state index contributed by atoms with van der Waals surface area (Å²) >= 11 is 0. The zero-order valence-electron chi connectivity index (χ0n) is 15.7. The molecule has 148 valence electrons. The van der Waals surface area contributed by atoms with Gasteiger partial charge in [-0.05, 0) is 38.1 Å². The second-order valence-corrected chi connectivity index (χ2v) is 7.12. The van der Waals surface area contributed by atoms with Gasteiger partial charge in [-0.3, -0.25) is 19.3 Å². The Morgan fingerprint density at radius 2 is 1.85 bits per heavy atom. The number of aliphatic hydroxyl groups excluding tert-OH is 1. The largest absolute Gasteiger partial charge is 0.391 e. The van der Waals surface area contributed by atoms with Crippen molar-refractivity contribution in [3.05, 3.63) is 30.1 Å². The van der Waals surface area contributed by atoms with Gasteiger partial charge >= 0.3 is 0 Å². The van der Waals surface area contributed by atoms with E-state index in [0.29, 0.717) is 5.69 Å². The summed E-state index contributed by atoms with van der Waals surface area (Å²) in [7, 11) is 1.33. The highest BCUT2D eigenvalue weighted by Crippen LogP contribution is 2.40. The normalized spacial score (nSPS) is 27.4. The number of benzene rings is 1. The van der Waals surface area contributed by atoms with Gasteiger partial charge in [-0.1, -0.05) is 6.92 Å². The van der Waals surface area contributed by atoms with Crippen LogP contribution >= 0.6 is 0 Å². The maximum Gasteiger partial charge on any atom is 0.249 e. The van der Waals surface area contributed by atoms with Gasteiger partial charge < -0.3 is 21.5 Å². The predicted octanol–water partition coefficient (Wildman–Crippen LogP) is -0.412. The molecule has 27 heavy (non-hydrogen) atoms. The van der Waals surface area contributed by atoms with E-state index in [0.717, 1.165) is 4.90 Å². The van der Waals surface area contributed by atoms with E-state index in [9.17, 15) is 23.9 Å². The van der Waals surface area contributed by atoms with Gasteiger partial charge in [0.2, 0.25) is 17.7 Å². The first kappa shape index (κ1) is 20.8. The van der Waals surface area contributed by atoms with Crippen molar-refractivity contribution in [2.45, 2.75) is 44.5 Å². The minimum absolute atomic E-state index is 0.304. The molecule has 8 nitrogen and oxygen atoms in total. The minimum Gasteiger partial charge on any atom is -0.391 e. The van der Waals surface area contributed by atoms with E-state index < -0.39 is 53.2 Å². The van der Waals surface area contributed by atoms with Gasteiger partial charge in [-0.2, -0.15) is 0 Å². The molecule has 1 aromatic carbocycles. The quantitative estimate of drug-likeness (QED) is 0.639. The average Bonchev–Trinajstić information content (AvgIpc) is 2.76. The molecule has 1 aromatic rings. The fourth-order valence-corrected chi connectivity index (χ4v) is 3.66. The number of primary amides is 1. The number of rotatable bonds is 5. The summed E-state index contributed by atoms with van der Waals surface area (Å²) in [6.45, 7) is 4.53. The number of aliphatic hydroxyl groups is 1. The Morgan fingerprint density at radius 1 is 1.33 bits per heavy atom. The zero-order chi connectivity index (χ0) is 20.7. The van der Waals surface area contributed by atoms with Crippen molar-refractivity contribution >= 4 is 23.4 Å². The molecule has 1 heterocycles. The highest BCUT2D eigenvalue weighted by atomic mass is 19.1. The first-order valence-corrected chi connectivity index (χ1v) is 8.54. The fourth-order valence-electron chi connectivity index (χ4n) is 3.66. The molecule has 3 unspecified atom stereocenters. The molecule has 1 saturated heterocycles. The molecule has 0 spiro atoms. The lowest BCUT2D eigenvalue weighted by Crippen LogP contribution is -2.63. The molecule has 5 N–H and O–H groups in total. The van der Waals surface area contributed by atoms with Crippen molar-refractivity contribution in [3.8, 4) is 0 Å². The van der Waals surface area contributed by atoms with Gasteiger partial charge in [0.05, 0.1) is 12.1 Å². The van der Waals surface area contributed by atoms with Crippen molar-refractivity contribution in [1.82, 2.24) is 4.90 Å². The lowest BCUT2D eigenvalue weighted by Gasteiger charge is -2.41.